The van der Waals surface area contributed by atoms with Crippen LogP contribution in [0.1, 0.15) is 24.4 Å². The third-order valence-electron chi connectivity index (χ3n) is 3.05. The molecule has 1 heterocycles. The Morgan fingerprint density at radius 3 is 2.95 bits per heavy atom. The maximum absolute atomic E-state index is 6.22. The molecule has 0 aliphatic carbocycles. The fraction of sp³-hybridized carbons (Fsp3) is 0.462. The molecule has 1 N–H and O–H groups in total. The molecule has 0 saturated heterocycles. The van der Waals surface area contributed by atoms with Gasteiger partial charge in [0.05, 0.1) is 19.2 Å². The van der Waals surface area contributed by atoms with E-state index in [0.29, 0.717) is 18.2 Å². The van der Waals surface area contributed by atoms with Gasteiger partial charge >= 0.3 is 0 Å². The van der Waals surface area contributed by atoms with Crippen LogP contribution >= 0.6 is 11.6 Å². The van der Waals surface area contributed by atoms with Gasteiger partial charge in [0.2, 0.25) is 0 Å². The monoisotopic (exact) mass is 295 g/mol. The number of tetrazole rings is 1. The van der Waals surface area contributed by atoms with Crippen LogP contribution in [0.4, 0.5) is 0 Å². The summed E-state index contributed by atoms with van der Waals surface area (Å²) in [7, 11) is 1.67. The predicted molar refractivity (Wildman–Crippen MR) is 76.7 cm³/mol. The maximum Gasteiger partial charge on any atom is 0.165 e. The van der Waals surface area contributed by atoms with Gasteiger partial charge in [-0.15, -0.1) is 5.10 Å². The summed E-state index contributed by atoms with van der Waals surface area (Å²) in [5.41, 5.74) is 1.000. The van der Waals surface area contributed by atoms with Crippen LogP contribution in [0.3, 0.4) is 0 Å². The molecule has 2 aromatic rings. The molecule has 2 rings (SSSR count). The standard InChI is InChI=1S/C13H18ClN5O/c1-10(11-5-3-4-6-12(11)14)19-13(16-17-18-19)9-15-7-8-20-2/h3-6,10,15H,7-9H2,1-2H3. The molecule has 0 spiro atoms. The normalized spacial score (nSPS) is 12.6. The molecule has 20 heavy (non-hydrogen) atoms. The quantitative estimate of drug-likeness (QED) is 0.787. The summed E-state index contributed by atoms with van der Waals surface area (Å²) in [6, 6.07) is 7.70. The summed E-state index contributed by atoms with van der Waals surface area (Å²) in [6.07, 6.45) is 0. The van der Waals surface area contributed by atoms with Crippen molar-refractivity contribution in [3.63, 3.8) is 0 Å². The number of aromatic nitrogens is 4. The first kappa shape index (κ1) is 14.9. The Bertz CT molecular complexity index is 545. The highest BCUT2D eigenvalue weighted by molar-refractivity contribution is 6.31. The molecule has 0 amide bonds. The van der Waals surface area contributed by atoms with Crippen LogP contribution < -0.4 is 5.32 Å². The van der Waals surface area contributed by atoms with E-state index in [4.69, 9.17) is 16.3 Å². The highest BCUT2D eigenvalue weighted by atomic mass is 35.5. The molecule has 0 aliphatic heterocycles. The molecule has 0 bridgehead atoms. The Kier molecular flexibility index (Phi) is 5.46. The van der Waals surface area contributed by atoms with Gasteiger partial charge in [0.15, 0.2) is 5.82 Å². The van der Waals surface area contributed by atoms with E-state index < -0.39 is 0 Å². The molecule has 1 aromatic carbocycles. The molecule has 0 radical (unpaired) electrons. The lowest BCUT2D eigenvalue weighted by Gasteiger charge is -2.15. The third-order valence-corrected chi connectivity index (χ3v) is 3.39. The molecule has 1 unspecified atom stereocenters. The number of nitrogens with zero attached hydrogens (tertiary/aromatic N) is 4. The fourth-order valence-corrected chi connectivity index (χ4v) is 2.24. The minimum Gasteiger partial charge on any atom is -0.383 e. The van der Waals surface area contributed by atoms with E-state index in [-0.39, 0.29) is 6.04 Å². The van der Waals surface area contributed by atoms with Crippen LogP contribution in [0.25, 0.3) is 0 Å². The smallest absolute Gasteiger partial charge is 0.165 e. The summed E-state index contributed by atoms with van der Waals surface area (Å²) in [5, 5.41) is 15.8. The molecule has 0 saturated carbocycles. The van der Waals surface area contributed by atoms with Crippen molar-refractivity contribution in [2.45, 2.75) is 19.5 Å². The average Bonchev–Trinajstić information content (AvgIpc) is 2.92. The molecule has 108 valence electrons. The fourth-order valence-electron chi connectivity index (χ4n) is 1.95. The molecular formula is C13H18ClN5O. The average molecular weight is 296 g/mol. The minimum atomic E-state index is -0.0158. The van der Waals surface area contributed by atoms with E-state index in [0.717, 1.165) is 17.9 Å². The summed E-state index contributed by atoms with van der Waals surface area (Å²) < 4.78 is 6.76. The second-order valence-electron chi connectivity index (χ2n) is 4.41. The van der Waals surface area contributed by atoms with Crippen molar-refractivity contribution < 1.29 is 4.74 Å². The van der Waals surface area contributed by atoms with Gasteiger partial charge in [-0.3, -0.25) is 0 Å². The minimum absolute atomic E-state index is 0.0158. The molecule has 7 heteroatoms. The highest BCUT2D eigenvalue weighted by Crippen LogP contribution is 2.25. The zero-order valence-corrected chi connectivity index (χ0v) is 12.3. The van der Waals surface area contributed by atoms with Gasteiger partial charge in [-0.25, -0.2) is 4.68 Å². The van der Waals surface area contributed by atoms with E-state index in [2.05, 4.69) is 20.8 Å². The number of rotatable bonds is 7. The van der Waals surface area contributed by atoms with Gasteiger partial charge in [-0.05, 0) is 29.0 Å². The number of nitrogens with one attached hydrogen (secondary N) is 1. The van der Waals surface area contributed by atoms with Crippen molar-refractivity contribution in [3.05, 3.63) is 40.7 Å². The molecule has 6 nitrogen and oxygen atoms in total. The van der Waals surface area contributed by atoms with Crippen LogP contribution in [-0.2, 0) is 11.3 Å². The Balaban J connectivity index is 2.09. The third kappa shape index (κ3) is 3.53. The zero-order valence-electron chi connectivity index (χ0n) is 11.6. The number of hydrogen-bond acceptors (Lipinski definition) is 5. The van der Waals surface area contributed by atoms with Crippen LogP contribution in [0.15, 0.2) is 24.3 Å². The second-order valence-corrected chi connectivity index (χ2v) is 4.81. The van der Waals surface area contributed by atoms with Crippen molar-refractivity contribution in [1.29, 1.82) is 0 Å². The summed E-state index contributed by atoms with van der Waals surface area (Å²) in [6.45, 7) is 4.02. The molecule has 0 aliphatic rings. The van der Waals surface area contributed by atoms with Gasteiger partial charge in [0.1, 0.15) is 0 Å². The lowest BCUT2D eigenvalue weighted by atomic mass is 10.1. The van der Waals surface area contributed by atoms with Crippen LogP contribution in [0, 0.1) is 0 Å². The molecule has 1 atom stereocenters. The Labute approximate surface area is 123 Å². The van der Waals surface area contributed by atoms with Crippen LogP contribution in [0.5, 0.6) is 0 Å². The predicted octanol–water partition coefficient (Wildman–Crippen LogP) is 1.67. The largest absolute Gasteiger partial charge is 0.383 e. The number of methoxy groups -OCH3 is 1. The SMILES string of the molecule is COCCNCc1nnnn1C(C)c1ccccc1Cl. The van der Waals surface area contributed by atoms with Gasteiger partial charge in [-0.2, -0.15) is 0 Å². The summed E-state index contributed by atoms with van der Waals surface area (Å²) in [4.78, 5) is 0. The van der Waals surface area contributed by atoms with E-state index >= 15 is 0 Å². The summed E-state index contributed by atoms with van der Waals surface area (Å²) in [5.74, 6) is 0.772. The first-order valence-electron chi connectivity index (χ1n) is 6.45. The highest BCUT2D eigenvalue weighted by Gasteiger charge is 2.16. The van der Waals surface area contributed by atoms with Gasteiger partial charge in [-0.1, -0.05) is 29.8 Å². The number of ether oxygens (including phenoxy) is 1. The number of benzene rings is 1. The van der Waals surface area contributed by atoms with E-state index in [1.54, 1.807) is 11.8 Å². The van der Waals surface area contributed by atoms with Crippen molar-refractivity contribution >= 4 is 11.6 Å². The Morgan fingerprint density at radius 2 is 2.20 bits per heavy atom. The lowest BCUT2D eigenvalue weighted by Crippen LogP contribution is -2.22. The van der Waals surface area contributed by atoms with Crippen molar-refractivity contribution in [2.24, 2.45) is 0 Å². The number of halogens is 1. The van der Waals surface area contributed by atoms with E-state index in [1.807, 2.05) is 31.2 Å². The van der Waals surface area contributed by atoms with Crippen molar-refractivity contribution in [2.75, 3.05) is 20.3 Å². The molecular weight excluding hydrogens is 278 g/mol. The van der Waals surface area contributed by atoms with Crippen molar-refractivity contribution in [3.8, 4) is 0 Å². The topological polar surface area (TPSA) is 64.9 Å². The lowest BCUT2D eigenvalue weighted by molar-refractivity contribution is 0.198. The van der Waals surface area contributed by atoms with Gasteiger partial charge < -0.3 is 10.1 Å². The molecule has 1 aromatic heterocycles. The van der Waals surface area contributed by atoms with Crippen LogP contribution in [0.2, 0.25) is 5.02 Å². The van der Waals surface area contributed by atoms with Gasteiger partial charge in [0.25, 0.3) is 0 Å². The van der Waals surface area contributed by atoms with Crippen LogP contribution in [-0.4, -0.2) is 40.5 Å². The zero-order chi connectivity index (χ0) is 14.4. The summed E-state index contributed by atoms with van der Waals surface area (Å²) >= 11 is 6.22. The van der Waals surface area contributed by atoms with E-state index in [1.165, 1.54) is 0 Å². The molecule has 0 fully saturated rings. The van der Waals surface area contributed by atoms with Gasteiger partial charge in [0, 0.05) is 18.7 Å². The Morgan fingerprint density at radius 1 is 1.40 bits per heavy atom. The number of hydrogen-bond donors (Lipinski definition) is 1. The first-order valence-corrected chi connectivity index (χ1v) is 6.82. The first-order chi connectivity index (χ1) is 9.74. The van der Waals surface area contributed by atoms with E-state index in [9.17, 15) is 0 Å². The second kappa shape index (κ2) is 7.33. The van der Waals surface area contributed by atoms with Crippen molar-refractivity contribution in [1.82, 2.24) is 25.5 Å². The maximum atomic E-state index is 6.22. The Hall–Kier alpha value is -1.50.